The summed E-state index contributed by atoms with van der Waals surface area (Å²) in [6.45, 7) is 0.609. The lowest BCUT2D eigenvalue weighted by atomic mass is 9.99. The van der Waals surface area contributed by atoms with Crippen LogP contribution in [0.3, 0.4) is 0 Å². The zero-order valence-corrected chi connectivity index (χ0v) is 9.72. The molecule has 0 aromatic carbocycles. The van der Waals surface area contributed by atoms with Crippen LogP contribution in [0.5, 0.6) is 0 Å². The molecular formula is C9H15BrF4. The van der Waals surface area contributed by atoms with Crippen LogP contribution in [-0.2, 0) is 0 Å². The van der Waals surface area contributed by atoms with E-state index in [4.69, 9.17) is 0 Å². The molecule has 0 rings (SSSR count). The summed E-state index contributed by atoms with van der Waals surface area (Å²) in [6.07, 6.45) is -2.45. The molecule has 0 radical (unpaired) electrons. The third-order valence-corrected chi connectivity index (χ3v) is 2.68. The molecule has 0 heterocycles. The van der Waals surface area contributed by atoms with E-state index in [1.807, 2.05) is 0 Å². The number of unbranched alkanes of at least 4 members (excludes halogenated alkanes) is 3. The molecule has 0 aliphatic heterocycles. The summed E-state index contributed by atoms with van der Waals surface area (Å²) in [5.41, 5.74) is -3.03. The lowest BCUT2D eigenvalue weighted by Crippen LogP contribution is -2.37. The molecule has 0 spiro atoms. The Hall–Kier alpha value is 0.200. The van der Waals surface area contributed by atoms with Gasteiger partial charge in [0, 0.05) is 5.33 Å². The molecule has 0 bridgehead atoms. The van der Waals surface area contributed by atoms with Crippen molar-refractivity contribution in [2.75, 3.05) is 5.33 Å². The topological polar surface area (TPSA) is 0 Å². The van der Waals surface area contributed by atoms with Crippen molar-refractivity contribution in [3.63, 3.8) is 0 Å². The van der Waals surface area contributed by atoms with Crippen LogP contribution in [-0.4, -0.2) is 17.2 Å². The number of halogens is 5. The van der Waals surface area contributed by atoms with Gasteiger partial charge in [0.25, 0.3) is 0 Å². The molecule has 5 heteroatoms. The first kappa shape index (κ1) is 14.2. The maximum atomic E-state index is 13.0. The van der Waals surface area contributed by atoms with Gasteiger partial charge in [-0.3, -0.25) is 0 Å². The SMILES string of the molecule is CC(F)(CCCCCCBr)C(F)(F)F. The van der Waals surface area contributed by atoms with Crippen LogP contribution in [0.4, 0.5) is 17.6 Å². The van der Waals surface area contributed by atoms with E-state index >= 15 is 0 Å². The van der Waals surface area contributed by atoms with Crippen molar-refractivity contribution in [1.29, 1.82) is 0 Å². The van der Waals surface area contributed by atoms with E-state index in [9.17, 15) is 17.6 Å². The molecule has 0 aromatic heterocycles. The van der Waals surface area contributed by atoms with Crippen LogP contribution in [0.15, 0.2) is 0 Å². The molecule has 1 unspecified atom stereocenters. The van der Waals surface area contributed by atoms with Crippen LogP contribution in [0.2, 0.25) is 0 Å². The lowest BCUT2D eigenvalue weighted by Gasteiger charge is -2.23. The van der Waals surface area contributed by atoms with E-state index < -0.39 is 18.3 Å². The molecule has 0 N–H and O–H groups in total. The Kier molecular flexibility index (Phi) is 6.02. The molecule has 14 heavy (non-hydrogen) atoms. The molecule has 0 fully saturated rings. The summed E-state index contributed by atoms with van der Waals surface area (Å²) in [5, 5.41) is 0.846. The van der Waals surface area contributed by atoms with Crippen molar-refractivity contribution >= 4 is 15.9 Å². The van der Waals surface area contributed by atoms with Crippen LogP contribution in [0.25, 0.3) is 0 Å². The highest BCUT2D eigenvalue weighted by molar-refractivity contribution is 9.09. The Morgan fingerprint density at radius 3 is 1.86 bits per heavy atom. The van der Waals surface area contributed by atoms with Gasteiger partial charge >= 0.3 is 6.18 Å². The lowest BCUT2D eigenvalue weighted by molar-refractivity contribution is -0.226. The van der Waals surface area contributed by atoms with Crippen molar-refractivity contribution in [3.05, 3.63) is 0 Å². The molecule has 0 saturated carbocycles. The van der Waals surface area contributed by atoms with Crippen molar-refractivity contribution in [2.24, 2.45) is 0 Å². The van der Waals surface area contributed by atoms with E-state index in [1.165, 1.54) is 0 Å². The van der Waals surface area contributed by atoms with Gasteiger partial charge in [-0.25, -0.2) is 4.39 Å². The number of rotatable bonds is 6. The van der Waals surface area contributed by atoms with Gasteiger partial charge in [0.2, 0.25) is 5.67 Å². The Labute approximate surface area is 90.2 Å². The fraction of sp³-hybridized carbons (Fsp3) is 1.00. The van der Waals surface area contributed by atoms with E-state index in [0.29, 0.717) is 19.8 Å². The highest BCUT2D eigenvalue weighted by Crippen LogP contribution is 2.37. The number of alkyl halides is 5. The van der Waals surface area contributed by atoms with Crippen molar-refractivity contribution in [1.82, 2.24) is 0 Å². The number of hydrogen-bond acceptors (Lipinski definition) is 0. The van der Waals surface area contributed by atoms with Crippen LogP contribution >= 0.6 is 15.9 Å². The second kappa shape index (κ2) is 5.93. The zero-order valence-electron chi connectivity index (χ0n) is 8.13. The monoisotopic (exact) mass is 278 g/mol. The predicted molar refractivity (Wildman–Crippen MR) is 52.4 cm³/mol. The third-order valence-electron chi connectivity index (χ3n) is 2.12. The summed E-state index contributed by atoms with van der Waals surface area (Å²) >= 11 is 3.22. The molecule has 0 aliphatic rings. The highest BCUT2D eigenvalue weighted by Gasteiger charge is 2.51. The van der Waals surface area contributed by atoms with E-state index in [0.717, 1.165) is 18.2 Å². The van der Waals surface area contributed by atoms with Crippen LogP contribution in [0.1, 0.15) is 39.0 Å². The van der Waals surface area contributed by atoms with Gasteiger partial charge in [-0.15, -0.1) is 0 Å². The predicted octanol–water partition coefficient (Wildman–Crippen LogP) is 4.62. The van der Waals surface area contributed by atoms with Gasteiger partial charge in [0.15, 0.2) is 0 Å². The molecule has 0 saturated heterocycles. The van der Waals surface area contributed by atoms with E-state index in [1.54, 1.807) is 0 Å². The minimum absolute atomic E-state index is 0.291. The summed E-state index contributed by atoms with van der Waals surface area (Å²) in [5.74, 6) is 0. The van der Waals surface area contributed by atoms with E-state index in [-0.39, 0.29) is 0 Å². The average molecular weight is 279 g/mol. The fourth-order valence-electron chi connectivity index (χ4n) is 1.05. The van der Waals surface area contributed by atoms with Crippen molar-refractivity contribution < 1.29 is 17.6 Å². The van der Waals surface area contributed by atoms with Gasteiger partial charge in [-0.2, -0.15) is 13.2 Å². The normalized spacial score (nSPS) is 16.7. The van der Waals surface area contributed by atoms with Gasteiger partial charge < -0.3 is 0 Å². The minimum atomic E-state index is -4.73. The second-order valence-electron chi connectivity index (χ2n) is 3.55. The van der Waals surface area contributed by atoms with E-state index in [2.05, 4.69) is 15.9 Å². The second-order valence-corrected chi connectivity index (χ2v) is 4.34. The Morgan fingerprint density at radius 1 is 0.929 bits per heavy atom. The van der Waals surface area contributed by atoms with Gasteiger partial charge in [-0.1, -0.05) is 28.8 Å². The highest BCUT2D eigenvalue weighted by atomic mass is 79.9. The van der Waals surface area contributed by atoms with Crippen molar-refractivity contribution in [2.45, 2.75) is 50.9 Å². The van der Waals surface area contributed by atoms with Crippen molar-refractivity contribution in [3.8, 4) is 0 Å². The molecule has 0 aliphatic carbocycles. The molecular weight excluding hydrogens is 264 g/mol. The molecule has 86 valence electrons. The Balaban J connectivity index is 3.67. The zero-order chi connectivity index (χ0) is 11.2. The third kappa shape index (κ3) is 5.17. The average Bonchev–Trinajstić information content (AvgIpc) is 2.02. The standard InChI is InChI=1S/C9H15BrF4/c1-8(11,9(12,13)14)6-4-2-3-5-7-10/h2-7H2,1H3. The Morgan fingerprint density at radius 2 is 1.43 bits per heavy atom. The largest absolute Gasteiger partial charge is 0.422 e. The molecule has 0 aromatic rings. The summed E-state index contributed by atoms with van der Waals surface area (Å²) in [7, 11) is 0. The Bertz CT molecular complexity index is 153. The minimum Gasteiger partial charge on any atom is -0.234 e. The maximum Gasteiger partial charge on any atom is 0.422 e. The summed E-state index contributed by atoms with van der Waals surface area (Å²) in [6, 6.07) is 0. The first-order valence-electron chi connectivity index (χ1n) is 4.63. The molecule has 1 atom stereocenters. The fourth-order valence-corrected chi connectivity index (χ4v) is 1.44. The smallest absolute Gasteiger partial charge is 0.234 e. The molecule has 0 amide bonds. The first-order chi connectivity index (χ1) is 6.31. The number of hydrogen-bond donors (Lipinski definition) is 0. The van der Waals surface area contributed by atoms with Crippen LogP contribution < -0.4 is 0 Å². The summed E-state index contributed by atoms with van der Waals surface area (Å²) in [4.78, 5) is 0. The quantitative estimate of drug-likeness (QED) is 0.378. The first-order valence-corrected chi connectivity index (χ1v) is 5.75. The molecule has 0 nitrogen and oxygen atoms in total. The van der Waals surface area contributed by atoms with Gasteiger partial charge in [-0.05, 0) is 26.2 Å². The van der Waals surface area contributed by atoms with Crippen LogP contribution in [0, 0.1) is 0 Å². The summed E-state index contributed by atoms with van der Waals surface area (Å²) < 4.78 is 49.1. The van der Waals surface area contributed by atoms with Gasteiger partial charge in [0.05, 0.1) is 0 Å². The van der Waals surface area contributed by atoms with Gasteiger partial charge in [0.1, 0.15) is 0 Å². The maximum absolute atomic E-state index is 13.0.